The summed E-state index contributed by atoms with van der Waals surface area (Å²) in [5.74, 6) is 1.75. The van der Waals surface area contributed by atoms with E-state index < -0.39 is 0 Å². The molecule has 0 amide bonds. The summed E-state index contributed by atoms with van der Waals surface area (Å²) in [6.45, 7) is 16.7. The molecule has 2 nitrogen and oxygen atoms in total. The Morgan fingerprint density at radius 3 is 2.17 bits per heavy atom. The Morgan fingerprint density at radius 2 is 1.72 bits per heavy atom. The van der Waals surface area contributed by atoms with Gasteiger partial charge in [-0.05, 0) is 78.6 Å². The van der Waals surface area contributed by atoms with Gasteiger partial charge in [0.05, 0.1) is 0 Å². The maximum absolute atomic E-state index is 2.64. The highest BCUT2D eigenvalue weighted by Gasteiger charge is 2.26. The third-order valence-corrected chi connectivity index (χ3v) is 4.16. The third kappa shape index (κ3) is 5.71. The third-order valence-electron chi connectivity index (χ3n) is 4.16. The van der Waals surface area contributed by atoms with Gasteiger partial charge in [-0.3, -0.25) is 4.90 Å². The average molecular weight is 254 g/mol. The number of hydrogen-bond donors (Lipinski definition) is 0. The molecule has 1 heterocycles. The molecule has 1 rings (SSSR count). The predicted octanol–water partition coefficient (Wildman–Crippen LogP) is 3.47. The molecular weight excluding hydrogens is 220 g/mol. The Balaban J connectivity index is 2.20. The topological polar surface area (TPSA) is 6.48 Å². The normalized spacial score (nSPS) is 20.0. The molecule has 0 aromatic carbocycles. The lowest BCUT2D eigenvalue weighted by atomic mass is 9.90. The van der Waals surface area contributed by atoms with Crippen molar-refractivity contribution in [2.24, 2.45) is 11.8 Å². The molecule has 0 atom stereocenters. The summed E-state index contributed by atoms with van der Waals surface area (Å²) in [6, 6.07) is 0. The van der Waals surface area contributed by atoms with E-state index in [0.29, 0.717) is 5.54 Å². The van der Waals surface area contributed by atoms with Crippen molar-refractivity contribution in [1.82, 2.24) is 9.80 Å². The SMILES string of the molecule is CC(C)CN(C)CCC1CCN(C(C)(C)C)CC1. The van der Waals surface area contributed by atoms with Crippen LogP contribution >= 0.6 is 0 Å². The minimum atomic E-state index is 0.361. The van der Waals surface area contributed by atoms with Gasteiger partial charge in [0, 0.05) is 12.1 Å². The molecule has 0 saturated carbocycles. The van der Waals surface area contributed by atoms with Gasteiger partial charge in [-0.1, -0.05) is 13.8 Å². The minimum Gasteiger partial charge on any atom is -0.306 e. The second-order valence-electron chi connectivity index (χ2n) is 7.55. The highest BCUT2D eigenvalue weighted by Crippen LogP contribution is 2.25. The first kappa shape index (κ1) is 16.0. The zero-order valence-electron chi connectivity index (χ0n) is 13.5. The monoisotopic (exact) mass is 254 g/mol. The predicted molar refractivity (Wildman–Crippen MR) is 81.0 cm³/mol. The summed E-state index contributed by atoms with van der Waals surface area (Å²) in [5.41, 5.74) is 0.361. The van der Waals surface area contributed by atoms with Gasteiger partial charge in [-0.2, -0.15) is 0 Å². The van der Waals surface area contributed by atoms with Crippen molar-refractivity contribution in [1.29, 1.82) is 0 Å². The molecule has 108 valence electrons. The van der Waals surface area contributed by atoms with E-state index in [1.165, 1.54) is 45.4 Å². The Bertz CT molecular complexity index is 222. The van der Waals surface area contributed by atoms with E-state index in [-0.39, 0.29) is 0 Å². The van der Waals surface area contributed by atoms with Crippen LogP contribution in [0.2, 0.25) is 0 Å². The number of hydrogen-bond acceptors (Lipinski definition) is 2. The molecule has 0 aliphatic carbocycles. The average Bonchev–Trinajstić information content (AvgIpc) is 2.25. The fourth-order valence-electron chi connectivity index (χ4n) is 3.01. The van der Waals surface area contributed by atoms with Crippen LogP contribution in [-0.2, 0) is 0 Å². The lowest BCUT2D eigenvalue weighted by molar-refractivity contribution is 0.0823. The number of piperidine rings is 1. The maximum Gasteiger partial charge on any atom is 0.0125 e. The minimum absolute atomic E-state index is 0.361. The van der Waals surface area contributed by atoms with E-state index in [0.717, 1.165) is 11.8 Å². The van der Waals surface area contributed by atoms with E-state index in [2.05, 4.69) is 51.5 Å². The largest absolute Gasteiger partial charge is 0.306 e. The summed E-state index contributed by atoms with van der Waals surface area (Å²) >= 11 is 0. The van der Waals surface area contributed by atoms with E-state index in [1.54, 1.807) is 0 Å². The van der Waals surface area contributed by atoms with Crippen LogP contribution in [0.5, 0.6) is 0 Å². The van der Waals surface area contributed by atoms with Gasteiger partial charge in [0.25, 0.3) is 0 Å². The van der Waals surface area contributed by atoms with Crippen molar-refractivity contribution >= 4 is 0 Å². The van der Waals surface area contributed by atoms with Gasteiger partial charge in [-0.25, -0.2) is 0 Å². The van der Waals surface area contributed by atoms with Crippen molar-refractivity contribution in [2.75, 3.05) is 33.2 Å². The molecule has 1 aliphatic heterocycles. The van der Waals surface area contributed by atoms with Crippen molar-refractivity contribution < 1.29 is 0 Å². The van der Waals surface area contributed by atoms with Crippen molar-refractivity contribution in [3.63, 3.8) is 0 Å². The number of rotatable bonds is 5. The van der Waals surface area contributed by atoms with Gasteiger partial charge in [-0.15, -0.1) is 0 Å². The van der Waals surface area contributed by atoms with Gasteiger partial charge in [0.1, 0.15) is 0 Å². The van der Waals surface area contributed by atoms with E-state index >= 15 is 0 Å². The van der Waals surface area contributed by atoms with Crippen LogP contribution in [0.3, 0.4) is 0 Å². The molecule has 0 bridgehead atoms. The van der Waals surface area contributed by atoms with E-state index in [9.17, 15) is 0 Å². The fourth-order valence-corrected chi connectivity index (χ4v) is 3.01. The van der Waals surface area contributed by atoms with Gasteiger partial charge in [0.2, 0.25) is 0 Å². The van der Waals surface area contributed by atoms with Gasteiger partial charge < -0.3 is 4.90 Å². The van der Waals surface area contributed by atoms with E-state index in [4.69, 9.17) is 0 Å². The van der Waals surface area contributed by atoms with Crippen LogP contribution in [0.1, 0.15) is 53.9 Å². The van der Waals surface area contributed by atoms with Crippen LogP contribution in [0.25, 0.3) is 0 Å². The molecule has 0 aromatic rings. The zero-order valence-corrected chi connectivity index (χ0v) is 13.5. The first-order valence-corrected chi connectivity index (χ1v) is 7.72. The Kier molecular flexibility index (Phi) is 6.13. The summed E-state index contributed by atoms with van der Waals surface area (Å²) in [7, 11) is 2.27. The van der Waals surface area contributed by atoms with Crippen molar-refractivity contribution in [3.05, 3.63) is 0 Å². The first-order chi connectivity index (χ1) is 8.29. The molecule has 0 spiro atoms. The second kappa shape index (κ2) is 6.91. The maximum atomic E-state index is 2.64. The zero-order chi connectivity index (χ0) is 13.8. The molecule has 0 aromatic heterocycles. The van der Waals surface area contributed by atoms with Crippen LogP contribution in [0.15, 0.2) is 0 Å². The highest BCUT2D eigenvalue weighted by atomic mass is 15.2. The van der Waals surface area contributed by atoms with Crippen molar-refractivity contribution in [3.8, 4) is 0 Å². The molecule has 0 unspecified atom stereocenters. The standard InChI is InChI=1S/C16H34N2/c1-14(2)13-17(6)10-7-15-8-11-18(12-9-15)16(3,4)5/h14-15H,7-13H2,1-6H3. The Labute approximate surface area is 115 Å². The molecule has 1 saturated heterocycles. The summed E-state index contributed by atoms with van der Waals surface area (Å²) in [5, 5.41) is 0. The quantitative estimate of drug-likeness (QED) is 0.741. The number of likely N-dealkylation sites (tertiary alicyclic amines) is 1. The Morgan fingerprint density at radius 1 is 1.17 bits per heavy atom. The van der Waals surface area contributed by atoms with E-state index in [1.807, 2.05) is 0 Å². The van der Waals surface area contributed by atoms with Crippen LogP contribution in [0.4, 0.5) is 0 Å². The van der Waals surface area contributed by atoms with Crippen LogP contribution in [0, 0.1) is 11.8 Å². The summed E-state index contributed by atoms with van der Waals surface area (Å²) < 4.78 is 0. The molecular formula is C16H34N2. The van der Waals surface area contributed by atoms with Crippen LogP contribution < -0.4 is 0 Å². The molecule has 0 N–H and O–H groups in total. The first-order valence-electron chi connectivity index (χ1n) is 7.72. The Hall–Kier alpha value is -0.0800. The highest BCUT2D eigenvalue weighted by molar-refractivity contribution is 4.82. The van der Waals surface area contributed by atoms with Gasteiger partial charge >= 0.3 is 0 Å². The summed E-state index contributed by atoms with van der Waals surface area (Å²) in [4.78, 5) is 5.14. The van der Waals surface area contributed by atoms with Crippen molar-refractivity contribution in [2.45, 2.75) is 59.4 Å². The lowest BCUT2D eigenvalue weighted by Gasteiger charge is -2.41. The molecule has 1 fully saturated rings. The number of nitrogens with zero attached hydrogens (tertiary/aromatic N) is 2. The fraction of sp³-hybridized carbons (Fsp3) is 1.00. The van der Waals surface area contributed by atoms with Gasteiger partial charge in [0.15, 0.2) is 0 Å². The molecule has 1 aliphatic rings. The molecule has 2 heteroatoms. The summed E-state index contributed by atoms with van der Waals surface area (Å²) in [6.07, 6.45) is 4.18. The smallest absolute Gasteiger partial charge is 0.0125 e. The molecule has 18 heavy (non-hydrogen) atoms. The second-order valence-corrected chi connectivity index (χ2v) is 7.55. The lowest BCUT2D eigenvalue weighted by Crippen LogP contribution is -2.46. The van der Waals surface area contributed by atoms with Crippen LogP contribution in [-0.4, -0.2) is 48.6 Å². The molecule has 0 radical (unpaired) electrons.